The van der Waals surface area contributed by atoms with Gasteiger partial charge in [-0.25, -0.2) is 0 Å². The summed E-state index contributed by atoms with van der Waals surface area (Å²) in [5, 5.41) is 12.5. The molecule has 1 aliphatic carbocycles. The van der Waals surface area contributed by atoms with Gasteiger partial charge in [0.15, 0.2) is 0 Å². The van der Waals surface area contributed by atoms with E-state index in [1.807, 2.05) is 0 Å². The molecule has 0 aromatic rings. The highest BCUT2D eigenvalue weighted by atomic mass is 16.5. The highest BCUT2D eigenvalue weighted by Gasteiger charge is 2.36. The minimum absolute atomic E-state index is 0.0714. The van der Waals surface area contributed by atoms with Crippen molar-refractivity contribution in [3.63, 3.8) is 0 Å². The molecule has 1 heterocycles. The molecule has 0 aromatic carbocycles. The predicted molar refractivity (Wildman–Crippen MR) is 60.0 cm³/mol. The maximum atomic E-state index is 12.0. The van der Waals surface area contributed by atoms with Gasteiger partial charge in [-0.05, 0) is 25.7 Å². The third kappa shape index (κ3) is 2.55. The molecule has 1 saturated heterocycles. The highest BCUT2D eigenvalue weighted by Crippen LogP contribution is 2.30. The number of carbonyl (C=O) groups is 1. The lowest BCUT2D eigenvalue weighted by atomic mass is 9.94. The van der Waals surface area contributed by atoms with Crippen molar-refractivity contribution in [2.45, 2.75) is 44.1 Å². The molecule has 4 nitrogen and oxygen atoms in total. The van der Waals surface area contributed by atoms with E-state index in [0.717, 1.165) is 38.5 Å². The molecular weight excluding hydrogens is 206 g/mol. The van der Waals surface area contributed by atoms with Gasteiger partial charge in [0.05, 0.1) is 12.1 Å². The normalized spacial score (nSPS) is 25.6. The van der Waals surface area contributed by atoms with E-state index < -0.39 is 0 Å². The fourth-order valence-electron chi connectivity index (χ4n) is 2.70. The summed E-state index contributed by atoms with van der Waals surface area (Å²) in [4.78, 5) is 12.0. The SMILES string of the molecule is O=C(NC1(CO)CCCC1)C1CCOCC1. The van der Waals surface area contributed by atoms with Crippen LogP contribution in [0.4, 0.5) is 0 Å². The van der Waals surface area contributed by atoms with Gasteiger partial charge in [-0.15, -0.1) is 0 Å². The maximum Gasteiger partial charge on any atom is 0.223 e. The Balaban J connectivity index is 1.89. The number of amides is 1. The average Bonchev–Trinajstić information content (AvgIpc) is 2.79. The van der Waals surface area contributed by atoms with Gasteiger partial charge < -0.3 is 15.2 Å². The van der Waals surface area contributed by atoms with Crippen LogP contribution < -0.4 is 5.32 Å². The van der Waals surface area contributed by atoms with E-state index in [1.54, 1.807) is 0 Å². The van der Waals surface area contributed by atoms with Crippen LogP contribution in [0.5, 0.6) is 0 Å². The summed E-state index contributed by atoms with van der Waals surface area (Å²) in [6.45, 7) is 1.44. The molecule has 2 aliphatic rings. The summed E-state index contributed by atoms with van der Waals surface area (Å²) in [5.74, 6) is 0.192. The number of aliphatic hydroxyl groups is 1. The molecule has 1 saturated carbocycles. The van der Waals surface area contributed by atoms with Gasteiger partial charge in [-0.1, -0.05) is 12.8 Å². The standard InChI is InChI=1S/C12H21NO3/c14-9-12(5-1-2-6-12)13-11(15)10-3-7-16-8-4-10/h10,14H,1-9H2,(H,13,15). The van der Waals surface area contributed by atoms with E-state index in [9.17, 15) is 9.90 Å². The smallest absolute Gasteiger partial charge is 0.223 e. The number of rotatable bonds is 3. The second-order valence-corrected chi connectivity index (χ2v) is 5.02. The second-order valence-electron chi connectivity index (χ2n) is 5.02. The summed E-state index contributed by atoms with van der Waals surface area (Å²) in [6, 6.07) is 0. The van der Waals surface area contributed by atoms with Crippen molar-refractivity contribution in [2.24, 2.45) is 5.92 Å². The van der Waals surface area contributed by atoms with Gasteiger partial charge in [0.25, 0.3) is 0 Å². The van der Waals surface area contributed by atoms with E-state index in [1.165, 1.54) is 0 Å². The van der Waals surface area contributed by atoms with Gasteiger partial charge in [-0.3, -0.25) is 4.79 Å². The van der Waals surface area contributed by atoms with Crippen LogP contribution in [0.1, 0.15) is 38.5 Å². The van der Waals surface area contributed by atoms with Crippen molar-refractivity contribution in [1.29, 1.82) is 0 Å². The summed E-state index contributed by atoms with van der Waals surface area (Å²) in [7, 11) is 0. The van der Waals surface area contributed by atoms with Crippen LogP contribution in [0.15, 0.2) is 0 Å². The van der Waals surface area contributed by atoms with Gasteiger partial charge in [0, 0.05) is 19.1 Å². The molecule has 0 unspecified atom stereocenters. The van der Waals surface area contributed by atoms with Crippen LogP contribution >= 0.6 is 0 Å². The van der Waals surface area contributed by atoms with Crippen LogP contribution in [0.3, 0.4) is 0 Å². The topological polar surface area (TPSA) is 58.6 Å². The molecule has 1 aliphatic heterocycles. The van der Waals surface area contributed by atoms with Crippen molar-refractivity contribution in [1.82, 2.24) is 5.32 Å². The summed E-state index contributed by atoms with van der Waals surface area (Å²) >= 11 is 0. The summed E-state index contributed by atoms with van der Waals surface area (Å²) < 4.78 is 5.24. The van der Waals surface area contributed by atoms with Crippen molar-refractivity contribution in [3.8, 4) is 0 Å². The van der Waals surface area contributed by atoms with E-state index in [0.29, 0.717) is 13.2 Å². The second kappa shape index (κ2) is 5.15. The molecule has 16 heavy (non-hydrogen) atoms. The van der Waals surface area contributed by atoms with Gasteiger partial charge >= 0.3 is 0 Å². The van der Waals surface area contributed by atoms with Crippen LogP contribution in [-0.4, -0.2) is 36.4 Å². The van der Waals surface area contributed by atoms with Gasteiger partial charge in [0.2, 0.25) is 5.91 Å². The first-order valence-corrected chi connectivity index (χ1v) is 6.26. The van der Waals surface area contributed by atoms with E-state index >= 15 is 0 Å². The Kier molecular flexibility index (Phi) is 3.82. The Morgan fingerprint density at radius 2 is 1.94 bits per heavy atom. The van der Waals surface area contributed by atoms with Gasteiger partial charge in [0.1, 0.15) is 0 Å². The number of aliphatic hydroxyl groups excluding tert-OH is 1. The van der Waals surface area contributed by atoms with Crippen molar-refractivity contribution < 1.29 is 14.6 Å². The first-order chi connectivity index (χ1) is 7.76. The lowest BCUT2D eigenvalue weighted by Crippen LogP contribution is -2.51. The molecule has 2 fully saturated rings. The van der Waals surface area contributed by atoms with Crippen LogP contribution in [0.25, 0.3) is 0 Å². The van der Waals surface area contributed by atoms with Crippen molar-refractivity contribution in [3.05, 3.63) is 0 Å². The van der Waals surface area contributed by atoms with E-state index in [2.05, 4.69) is 5.32 Å². The highest BCUT2D eigenvalue weighted by molar-refractivity contribution is 5.79. The Morgan fingerprint density at radius 1 is 1.31 bits per heavy atom. The fraction of sp³-hybridized carbons (Fsp3) is 0.917. The Hall–Kier alpha value is -0.610. The monoisotopic (exact) mass is 227 g/mol. The van der Waals surface area contributed by atoms with Gasteiger partial charge in [-0.2, -0.15) is 0 Å². The van der Waals surface area contributed by atoms with E-state index in [-0.39, 0.29) is 24.0 Å². The number of ether oxygens (including phenoxy) is 1. The first kappa shape index (κ1) is 11.9. The Bertz CT molecular complexity index is 243. The number of carbonyl (C=O) groups excluding carboxylic acids is 1. The summed E-state index contributed by atoms with van der Waals surface area (Å²) in [5.41, 5.74) is -0.324. The van der Waals surface area contributed by atoms with Crippen LogP contribution in [-0.2, 0) is 9.53 Å². The molecule has 0 radical (unpaired) electrons. The molecule has 4 heteroatoms. The Labute approximate surface area is 96.4 Å². The lowest BCUT2D eigenvalue weighted by Gasteiger charge is -2.31. The molecule has 92 valence electrons. The molecule has 0 atom stereocenters. The molecule has 2 rings (SSSR count). The lowest BCUT2D eigenvalue weighted by molar-refractivity contribution is -0.130. The number of hydrogen-bond acceptors (Lipinski definition) is 3. The molecule has 0 spiro atoms. The Morgan fingerprint density at radius 3 is 2.50 bits per heavy atom. The molecular formula is C12H21NO3. The molecule has 0 aromatic heterocycles. The minimum atomic E-state index is -0.324. The number of nitrogens with one attached hydrogen (secondary N) is 1. The third-order valence-electron chi connectivity index (χ3n) is 3.84. The zero-order valence-electron chi connectivity index (χ0n) is 9.71. The third-order valence-corrected chi connectivity index (χ3v) is 3.84. The minimum Gasteiger partial charge on any atom is -0.394 e. The quantitative estimate of drug-likeness (QED) is 0.751. The first-order valence-electron chi connectivity index (χ1n) is 6.26. The van der Waals surface area contributed by atoms with E-state index in [4.69, 9.17) is 4.74 Å². The van der Waals surface area contributed by atoms with Crippen LogP contribution in [0, 0.1) is 5.92 Å². The average molecular weight is 227 g/mol. The largest absolute Gasteiger partial charge is 0.394 e. The molecule has 2 N–H and O–H groups in total. The van der Waals surface area contributed by atoms with Crippen molar-refractivity contribution >= 4 is 5.91 Å². The zero-order chi connectivity index (χ0) is 11.4. The summed E-state index contributed by atoms with van der Waals surface area (Å²) in [6.07, 6.45) is 5.67. The molecule has 0 bridgehead atoms. The zero-order valence-corrected chi connectivity index (χ0v) is 9.71. The maximum absolute atomic E-state index is 12.0. The number of hydrogen-bond donors (Lipinski definition) is 2. The fourth-order valence-corrected chi connectivity index (χ4v) is 2.70. The predicted octanol–water partition coefficient (Wildman–Crippen LogP) is 0.834. The van der Waals surface area contributed by atoms with Crippen molar-refractivity contribution in [2.75, 3.05) is 19.8 Å². The van der Waals surface area contributed by atoms with Crippen LogP contribution in [0.2, 0.25) is 0 Å². The molecule has 1 amide bonds.